The molecule has 0 aliphatic carbocycles. The second-order valence-corrected chi connectivity index (χ2v) is 5.05. The van der Waals surface area contributed by atoms with Crippen LogP contribution >= 0.6 is 34.5 Å². The highest BCUT2D eigenvalue weighted by molar-refractivity contribution is 7.07. The molecule has 90 valence electrons. The summed E-state index contributed by atoms with van der Waals surface area (Å²) in [4.78, 5) is 4.20. The summed E-state index contributed by atoms with van der Waals surface area (Å²) in [6, 6.07) is 3.36. The predicted octanol–water partition coefficient (Wildman–Crippen LogP) is 3.69. The number of nitrogens with two attached hydrogens (primary N) is 1. The van der Waals surface area contributed by atoms with Gasteiger partial charge in [0.2, 0.25) is 0 Å². The highest BCUT2D eigenvalue weighted by Gasteiger charge is 2.06. The Balaban J connectivity index is 1.99. The van der Waals surface area contributed by atoms with Gasteiger partial charge in [-0.1, -0.05) is 23.2 Å². The van der Waals surface area contributed by atoms with E-state index in [0.717, 1.165) is 24.3 Å². The Bertz CT molecular complexity index is 476. The number of aromatic nitrogens is 1. The Morgan fingerprint density at radius 2 is 2.00 bits per heavy atom. The van der Waals surface area contributed by atoms with Gasteiger partial charge in [0.1, 0.15) is 0 Å². The lowest BCUT2D eigenvalue weighted by atomic mass is 10.2. The van der Waals surface area contributed by atoms with Crippen molar-refractivity contribution in [3.05, 3.63) is 38.8 Å². The molecule has 6 heteroatoms. The molecule has 0 amide bonds. The van der Waals surface area contributed by atoms with Crippen molar-refractivity contribution in [3.8, 4) is 0 Å². The van der Waals surface area contributed by atoms with Crippen molar-refractivity contribution in [2.45, 2.75) is 6.42 Å². The molecule has 1 aromatic heterocycles. The smallest absolute Gasteiger partial charge is 0.0794 e. The number of nitrogen functional groups attached to an aromatic ring is 1. The van der Waals surface area contributed by atoms with Gasteiger partial charge in [-0.2, -0.15) is 0 Å². The minimum absolute atomic E-state index is 0.535. The molecule has 0 unspecified atom stereocenters. The molecule has 1 aromatic carbocycles. The van der Waals surface area contributed by atoms with Crippen molar-refractivity contribution < 1.29 is 0 Å². The van der Waals surface area contributed by atoms with Crippen LogP contribution in [0.1, 0.15) is 5.69 Å². The first-order chi connectivity index (χ1) is 8.16. The van der Waals surface area contributed by atoms with Gasteiger partial charge >= 0.3 is 0 Å². The Morgan fingerprint density at radius 1 is 1.29 bits per heavy atom. The molecule has 0 fully saturated rings. The van der Waals surface area contributed by atoms with E-state index in [-0.39, 0.29) is 0 Å². The van der Waals surface area contributed by atoms with Crippen LogP contribution < -0.4 is 11.1 Å². The van der Waals surface area contributed by atoms with E-state index >= 15 is 0 Å². The summed E-state index contributed by atoms with van der Waals surface area (Å²) in [6.07, 6.45) is 0.834. The fraction of sp³-hybridized carbons (Fsp3) is 0.182. The van der Waals surface area contributed by atoms with Crippen molar-refractivity contribution in [2.24, 2.45) is 0 Å². The maximum atomic E-state index is 6.05. The topological polar surface area (TPSA) is 50.9 Å². The summed E-state index contributed by atoms with van der Waals surface area (Å²) in [6.45, 7) is 0.729. The summed E-state index contributed by atoms with van der Waals surface area (Å²) in [5, 5.41) is 6.28. The van der Waals surface area contributed by atoms with Gasteiger partial charge < -0.3 is 11.1 Å². The van der Waals surface area contributed by atoms with Gasteiger partial charge in [0.15, 0.2) is 0 Å². The van der Waals surface area contributed by atoms with Crippen molar-refractivity contribution in [2.75, 3.05) is 17.6 Å². The van der Waals surface area contributed by atoms with Gasteiger partial charge in [-0.15, -0.1) is 11.3 Å². The molecule has 1 heterocycles. The molecule has 2 rings (SSSR count). The first-order valence-corrected chi connectivity index (χ1v) is 6.72. The third-order valence-corrected chi connectivity index (χ3v) is 3.46. The van der Waals surface area contributed by atoms with Crippen molar-refractivity contribution in [1.82, 2.24) is 4.98 Å². The van der Waals surface area contributed by atoms with E-state index in [4.69, 9.17) is 28.9 Å². The summed E-state index contributed by atoms with van der Waals surface area (Å²) < 4.78 is 0. The monoisotopic (exact) mass is 287 g/mol. The largest absolute Gasteiger partial charge is 0.399 e. The Labute approximate surface area is 114 Å². The fourth-order valence-electron chi connectivity index (χ4n) is 1.44. The molecular weight excluding hydrogens is 277 g/mol. The number of halogens is 2. The average molecular weight is 288 g/mol. The maximum Gasteiger partial charge on any atom is 0.0794 e. The van der Waals surface area contributed by atoms with E-state index in [0.29, 0.717) is 15.7 Å². The third-order valence-electron chi connectivity index (χ3n) is 2.23. The number of benzene rings is 1. The number of thiazole rings is 1. The summed E-state index contributed by atoms with van der Waals surface area (Å²) >= 11 is 13.7. The average Bonchev–Trinajstić information content (AvgIpc) is 2.74. The lowest BCUT2D eigenvalue weighted by molar-refractivity contribution is 0.977. The zero-order valence-electron chi connectivity index (χ0n) is 8.91. The highest BCUT2D eigenvalue weighted by atomic mass is 35.5. The van der Waals surface area contributed by atoms with E-state index < -0.39 is 0 Å². The molecule has 17 heavy (non-hydrogen) atoms. The van der Waals surface area contributed by atoms with Crippen molar-refractivity contribution in [1.29, 1.82) is 0 Å². The number of hydrogen-bond donors (Lipinski definition) is 2. The minimum Gasteiger partial charge on any atom is -0.399 e. The maximum absolute atomic E-state index is 6.05. The normalized spacial score (nSPS) is 10.5. The minimum atomic E-state index is 0.535. The van der Waals surface area contributed by atoms with Crippen LogP contribution in [0.15, 0.2) is 23.0 Å². The van der Waals surface area contributed by atoms with E-state index in [2.05, 4.69) is 10.3 Å². The predicted molar refractivity (Wildman–Crippen MR) is 75.2 cm³/mol. The summed E-state index contributed by atoms with van der Waals surface area (Å²) in [5.74, 6) is 0. The molecule has 0 saturated carbocycles. The first kappa shape index (κ1) is 12.5. The number of anilines is 2. The third kappa shape index (κ3) is 3.25. The first-order valence-electron chi connectivity index (χ1n) is 5.02. The molecule has 0 saturated heterocycles. The van der Waals surface area contributed by atoms with Crippen LogP contribution in [0.25, 0.3) is 0 Å². The highest BCUT2D eigenvalue weighted by Crippen LogP contribution is 2.32. The van der Waals surface area contributed by atoms with E-state index in [9.17, 15) is 0 Å². The molecule has 0 spiro atoms. The summed E-state index contributed by atoms with van der Waals surface area (Å²) in [7, 11) is 0. The van der Waals surface area contributed by atoms with Gasteiger partial charge in [-0.05, 0) is 12.1 Å². The van der Waals surface area contributed by atoms with Crippen LogP contribution in [0.5, 0.6) is 0 Å². The molecule has 2 aromatic rings. The molecule has 0 radical (unpaired) electrons. The van der Waals surface area contributed by atoms with Gasteiger partial charge in [-0.3, -0.25) is 0 Å². The molecule has 3 N–H and O–H groups in total. The summed E-state index contributed by atoms with van der Waals surface area (Å²) in [5.41, 5.74) is 9.79. The quantitative estimate of drug-likeness (QED) is 0.844. The SMILES string of the molecule is Nc1cc(Cl)c(NCCc2cscn2)c(Cl)c1. The zero-order chi connectivity index (χ0) is 12.3. The van der Waals surface area contributed by atoms with E-state index in [1.54, 1.807) is 23.5 Å². The van der Waals surface area contributed by atoms with Gasteiger partial charge in [0.05, 0.1) is 26.9 Å². The number of hydrogen-bond acceptors (Lipinski definition) is 4. The Morgan fingerprint density at radius 3 is 2.59 bits per heavy atom. The number of rotatable bonds is 4. The van der Waals surface area contributed by atoms with Crippen LogP contribution in [0.2, 0.25) is 10.0 Å². The molecular formula is C11H11Cl2N3S. The number of nitrogens with zero attached hydrogens (tertiary/aromatic N) is 1. The van der Waals surface area contributed by atoms with E-state index in [1.807, 2.05) is 10.9 Å². The molecule has 0 aliphatic rings. The van der Waals surface area contributed by atoms with Crippen LogP contribution in [0, 0.1) is 0 Å². The van der Waals surface area contributed by atoms with Crippen LogP contribution in [-0.2, 0) is 6.42 Å². The zero-order valence-corrected chi connectivity index (χ0v) is 11.2. The van der Waals surface area contributed by atoms with Crippen LogP contribution in [-0.4, -0.2) is 11.5 Å². The second kappa shape index (κ2) is 5.58. The van der Waals surface area contributed by atoms with Gasteiger partial charge in [-0.25, -0.2) is 4.98 Å². The molecule has 0 bridgehead atoms. The second-order valence-electron chi connectivity index (χ2n) is 3.52. The van der Waals surface area contributed by atoms with Crippen molar-refractivity contribution in [3.63, 3.8) is 0 Å². The molecule has 0 atom stereocenters. The molecule has 3 nitrogen and oxygen atoms in total. The Kier molecular flexibility index (Phi) is 4.10. The van der Waals surface area contributed by atoms with Crippen LogP contribution in [0.4, 0.5) is 11.4 Å². The molecule has 0 aliphatic heterocycles. The van der Waals surface area contributed by atoms with Gasteiger partial charge in [0.25, 0.3) is 0 Å². The number of nitrogens with one attached hydrogen (secondary N) is 1. The van der Waals surface area contributed by atoms with Crippen molar-refractivity contribution >= 4 is 45.9 Å². The Hall–Kier alpha value is -0.970. The standard InChI is InChI=1S/C11H11Cl2N3S/c12-9-3-7(14)4-10(13)11(9)15-2-1-8-5-17-6-16-8/h3-6,15H,1-2,14H2. The fourth-order valence-corrected chi connectivity index (χ4v) is 2.67. The lowest BCUT2D eigenvalue weighted by Crippen LogP contribution is -2.06. The van der Waals surface area contributed by atoms with Gasteiger partial charge in [0, 0.05) is 24.0 Å². The lowest BCUT2D eigenvalue weighted by Gasteiger charge is -2.10. The van der Waals surface area contributed by atoms with E-state index in [1.165, 1.54) is 0 Å². The van der Waals surface area contributed by atoms with Crippen LogP contribution in [0.3, 0.4) is 0 Å².